The van der Waals surface area contributed by atoms with E-state index >= 15 is 0 Å². The van der Waals surface area contributed by atoms with Crippen molar-refractivity contribution in [3.05, 3.63) is 46.2 Å². The van der Waals surface area contributed by atoms with Crippen molar-refractivity contribution in [2.45, 2.75) is 23.9 Å². The van der Waals surface area contributed by atoms with Gasteiger partial charge < -0.3 is 16.0 Å². The first-order valence-corrected chi connectivity index (χ1v) is 12.0. The number of amides is 2. The van der Waals surface area contributed by atoms with E-state index in [0.29, 0.717) is 17.9 Å². The van der Waals surface area contributed by atoms with Crippen LogP contribution in [0.4, 0.5) is 5.69 Å². The Morgan fingerprint density at radius 3 is 2.96 bits per heavy atom. The smallest absolute Gasteiger partial charge is 0.248 e. The maximum atomic E-state index is 13.3. The summed E-state index contributed by atoms with van der Waals surface area (Å²) in [6.45, 7) is 1.30. The Balaban J connectivity index is 1.88. The third kappa shape index (κ3) is 5.07. The number of nitrogens with one attached hydrogen (secondary N) is 1. The summed E-state index contributed by atoms with van der Waals surface area (Å²) in [7, 11) is 0. The van der Waals surface area contributed by atoms with Crippen molar-refractivity contribution < 1.29 is 9.59 Å². The molecule has 0 spiro atoms. The molecule has 2 heterocycles. The van der Waals surface area contributed by atoms with E-state index in [1.165, 1.54) is 0 Å². The Hall–Kier alpha value is -1.48. The molecular weight excluding hydrogens is 398 g/mol. The summed E-state index contributed by atoms with van der Waals surface area (Å²) >= 11 is 5.06. The van der Waals surface area contributed by atoms with Gasteiger partial charge in [0.25, 0.3) is 0 Å². The molecule has 1 aromatic heterocycles. The number of thiophene rings is 1. The van der Waals surface area contributed by atoms with Crippen molar-refractivity contribution >= 4 is 52.4 Å². The summed E-state index contributed by atoms with van der Waals surface area (Å²) in [6.07, 6.45) is 3.11. The van der Waals surface area contributed by atoms with Gasteiger partial charge in [-0.3, -0.25) is 9.59 Å². The highest BCUT2D eigenvalue weighted by Gasteiger charge is 2.31. The SMILES string of the molecule is CSCCCN[C@H]1CSc2ccc(C(N)=O)cc2N(Cc2ccsc2)C1=O. The minimum absolute atomic E-state index is 0.0400. The number of nitrogens with two attached hydrogens (primary N) is 1. The minimum atomic E-state index is -0.485. The van der Waals surface area contributed by atoms with E-state index in [9.17, 15) is 9.59 Å². The fraction of sp³-hybridized carbons (Fsp3) is 0.368. The molecule has 0 radical (unpaired) electrons. The number of primary amides is 1. The van der Waals surface area contributed by atoms with Gasteiger partial charge in [0.1, 0.15) is 0 Å². The van der Waals surface area contributed by atoms with Crippen molar-refractivity contribution in [2.75, 3.05) is 29.2 Å². The molecule has 0 unspecified atom stereocenters. The van der Waals surface area contributed by atoms with E-state index in [4.69, 9.17) is 5.73 Å². The fourth-order valence-corrected chi connectivity index (χ4v) is 5.10. The van der Waals surface area contributed by atoms with Crippen LogP contribution < -0.4 is 16.0 Å². The zero-order valence-electron chi connectivity index (χ0n) is 15.1. The first-order chi connectivity index (χ1) is 13.1. The Labute approximate surface area is 172 Å². The number of carbonyl (C=O) groups is 2. The standard InChI is InChI=1S/C19H23N3O2S3/c1-25-7-2-6-21-15-12-27-17-4-3-14(18(20)23)9-16(17)22(19(15)24)10-13-5-8-26-11-13/h3-5,8-9,11,15,21H,2,6-7,10,12H2,1H3,(H2,20,23)/t15-/m0/s1. The van der Waals surface area contributed by atoms with Crippen molar-refractivity contribution in [3.63, 3.8) is 0 Å². The molecule has 144 valence electrons. The van der Waals surface area contributed by atoms with Crippen LogP contribution in [0.5, 0.6) is 0 Å². The number of hydrogen-bond acceptors (Lipinski definition) is 6. The van der Waals surface area contributed by atoms with Gasteiger partial charge >= 0.3 is 0 Å². The molecule has 2 amide bonds. The first-order valence-electron chi connectivity index (χ1n) is 8.71. The van der Waals surface area contributed by atoms with Crippen LogP contribution in [0.2, 0.25) is 0 Å². The molecule has 27 heavy (non-hydrogen) atoms. The van der Waals surface area contributed by atoms with Gasteiger partial charge in [0, 0.05) is 16.2 Å². The van der Waals surface area contributed by atoms with Gasteiger partial charge in [-0.2, -0.15) is 23.1 Å². The van der Waals surface area contributed by atoms with E-state index in [2.05, 4.69) is 11.6 Å². The number of anilines is 1. The zero-order chi connectivity index (χ0) is 19.2. The number of nitrogens with zero attached hydrogens (tertiary/aromatic N) is 1. The van der Waals surface area contributed by atoms with Crippen LogP contribution >= 0.6 is 34.9 Å². The van der Waals surface area contributed by atoms with Crippen LogP contribution in [-0.2, 0) is 11.3 Å². The average Bonchev–Trinajstić information content (AvgIpc) is 3.14. The second kappa shape index (κ2) is 9.64. The minimum Gasteiger partial charge on any atom is -0.366 e. The molecule has 2 aromatic rings. The van der Waals surface area contributed by atoms with E-state index in [1.807, 2.05) is 34.7 Å². The molecule has 0 aliphatic carbocycles. The third-order valence-electron chi connectivity index (χ3n) is 4.34. The lowest BCUT2D eigenvalue weighted by atomic mass is 10.1. The predicted octanol–water partition coefficient (Wildman–Crippen LogP) is 3.20. The van der Waals surface area contributed by atoms with Crippen molar-refractivity contribution in [3.8, 4) is 0 Å². The molecule has 0 bridgehead atoms. The molecular formula is C19H23N3O2S3. The second-order valence-electron chi connectivity index (χ2n) is 6.27. The number of rotatable bonds is 8. The number of fused-ring (bicyclic) bond motifs is 1. The Morgan fingerprint density at radius 1 is 1.41 bits per heavy atom. The molecule has 1 aromatic carbocycles. The number of benzene rings is 1. The molecule has 0 saturated heterocycles. The molecule has 1 aliphatic rings. The van der Waals surface area contributed by atoms with Gasteiger partial charge in [-0.25, -0.2) is 0 Å². The lowest BCUT2D eigenvalue weighted by molar-refractivity contribution is -0.120. The predicted molar refractivity (Wildman–Crippen MR) is 116 cm³/mol. The van der Waals surface area contributed by atoms with E-state index in [-0.39, 0.29) is 11.9 Å². The van der Waals surface area contributed by atoms with Gasteiger partial charge in [0.05, 0.1) is 18.3 Å². The Morgan fingerprint density at radius 2 is 2.26 bits per heavy atom. The molecule has 1 aliphatic heterocycles. The van der Waals surface area contributed by atoms with Gasteiger partial charge in [0.2, 0.25) is 11.8 Å². The molecule has 1 atom stereocenters. The molecule has 5 nitrogen and oxygen atoms in total. The van der Waals surface area contributed by atoms with E-state index in [0.717, 1.165) is 34.9 Å². The van der Waals surface area contributed by atoms with E-state index < -0.39 is 5.91 Å². The summed E-state index contributed by atoms with van der Waals surface area (Å²) in [5, 5.41) is 7.46. The highest BCUT2D eigenvalue weighted by molar-refractivity contribution is 7.99. The largest absolute Gasteiger partial charge is 0.366 e. The highest BCUT2D eigenvalue weighted by Crippen LogP contribution is 2.36. The van der Waals surface area contributed by atoms with Crippen LogP contribution in [0.15, 0.2) is 39.9 Å². The summed E-state index contributed by atoms with van der Waals surface area (Å²) in [5.41, 5.74) is 7.73. The molecule has 3 rings (SSSR count). The third-order valence-corrected chi connectivity index (χ3v) is 6.93. The summed E-state index contributed by atoms with van der Waals surface area (Å²) in [5.74, 6) is 1.29. The van der Waals surface area contributed by atoms with Crippen LogP contribution in [-0.4, -0.2) is 42.2 Å². The van der Waals surface area contributed by atoms with Crippen molar-refractivity contribution in [2.24, 2.45) is 5.73 Å². The quantitative estimate of drug-likeness (QED) is 0.640. The monoisotopic (exact) mass is 421 g/mol. The molecule has 8 heteroatoms. The van der Waals surface area contributed by atoms with Crippen molar-refractivity contribution in [1.82, 2.24) is 5.32 Å². The van der Waals surface area contributed by atoms with Crippen molar-refractivity contribution in [1.29, 1.82) is 0 Å². The molecule has 0 fully saturated rings. The zero-order valence-corrected chi connectivity index (χ0v) is 17.6. The topological polar surface area (TPSA) is 75.4 Å². The number of hydrogen-bond donors (Lipinski definition) is 2. The molecule has 0 saturated carbocycles. The number of thioether (sulfide) groups is 2. The number of carbonyl (C=O) groups excluding carboxylic acids is 2. The van der Waals surface area contributed by atoms with Crippen LogP contribution in [0.3, 0.4) is 0 Å². The maximum Gasteiger partial charge on any atom is 0.248 e. The lowest BCUT2D eigenvalue weighted by Crippen LogP contribution is -2.47. The molecule has 3 N–H and O–H groups in total. The normalized spacial score (nSPS) is 16.9. The lowest BCUT2D eigenvalue weighted by Gasteiger charge is -2.26. The van der Waals surface area contributed by atoms with Gasteiger partial charge in [-0.15, -0.1) is 11.8 Å². The van der Waals surface area contributed by atoms with Crippen LogP contribution in [0.1, 0.15) is 22.3 Å². The van der Waals surface area contributed by atoms with E-state index in [1.54, 1.807) is 40.1 Å². The maximum absolute atomic E-state index is 13.3. The van der Waals surface area contributed by atoms with Gasteiger partial charge in [-0.1, -0.05) is 0 Å². The summed E-state index contributed by atoms with van der Waals surface area (Å²) < 4.78 is 0. The first kappa shape index (κ1) is 20.3. The Kier molecular flexibility index (Phi) is 7.23. The average molecular weight is 422 g/mol. The summed E-state index contributed by atoms with van der Waals surface area (Å²) in [4.78, 5) is 27.7. The second-order valence-corrected chi connectivity index (χ2v) is 9.09. The van der Waals surface area contributed by atoms with Crippen LogP contribution in [0, 0.1) is 0 Å². The fourth-order valence-electron chi connectivity index (χ4n) is 2.92. The van der Waals surface area contributed by atoms with Gasteiger partial charge in [0.15, 0.2) is 0 Å². The Bertz CT molecular complexity index is 796. The van der Waals surface area contributed by atoms with Gasteiger partial charge in [-0.05, 0) is 65.6 Å². The highest BCUT2D eigenvalue weighted by atomic mass is 32.2. The summed E-state index contributed by atoms with van der Waals surface area (Å²) in [6, 6.07) is 7.14. The van der Waals surface area contributed by atoms with Crippen LogP contribution in [0.25, 0.3) is 0 Å².